The van der Waals surface area contributed by atoms with Crippen LogP contribution < -0.4 is 20.1 Å². The number of halogens is 1. The second kappa shape index (κ2) is 10.9. The van der Waals surface area contributed by atoms with Crippen LogP contribution in [0.5, 0.6) is 11.6 Å². The number of pyridine rings is 1. The second-order valence-corrected chi connectivity index (χ2v) is 10.4. The fourth-order valence-electron chi connectivity index (χ4n) is 4.35. The molecule has 3 N–H and O–H groups in total. The number of nitrogens with zero attached hydrogens (tertiary/aromatic N) is 5. The quantitative estimate of drug-likeness (QED) is 0.254. The summed E-state index contributed by atoms with van der Waals surface area (Å²) >= 11 is 1.35. The molecule has 2 unspecified atom stereocenters. The molecule has 0 bridgehead atoms. The summed E-state index contributed by atoms with van der Waals surface area (Å²) in [4.78, 5) is 42.0. The molecule has 13 heteroatoms. The zero-order chi connectivity index (χ0) is 29.4. The smallest absolute Gasteiger partial charge is 0.412 e. The summed E-state index contributed by atoms with van der Waals surface area (Å²) in [6, 6.07) is 8.69. The van der Waals surface area contributed by atoms with Crippen molar-refractivity contribution in [2.45, 2.75) is 32.9 Å². The monoisotopic (exact) mass is 576 g/mol. The fraction of sp³-hybridized carbons (Fsp3) is 0.214. The molecule has 0 aliphatic rings. The van der Waals surface area contributed by atoms with Gasteiger partial charge in [-0.2, -0.15) is 0 Å². The van der Waals surface area contributed by atoms with E-state index in [2.05, 4.69) is 19.9 Å². The molecule has 2 aromatic carbocycles. The Morgan fingerprint density at radius 3 is 2.51 bits per heavy atom. The van der Waals surface area contributed by atoms with Crippen LogP contribution >= 0.6 is 11.3 Å². The predicted octanol–water partition coefficient (Wildman–Crippen LogP) is 5.20. The standard InChI is InChI=1S/C28H25FN6O5S/c1-13-7-17(25-21(8-13)33-24(39-4)12-32-25)27-34-20-9-18(29)22(10-23(20)41-27)40-15(3)14(2)35(28(37)38)16-5-6-19(26(30)36)31-11-16/h5-12,14-15H,1-4H3,(H2,30,36)(H,37,38). The lowest BCUT2D eigenvalue weighted by molar-refractivity contribution is 0.0995. The van der Waals surface area contributed by atoms with Crippen molar-refractivity contribution in [1.29, 1.82) is 0 Å². The van der Waals surface area contributed by atoms with E-state index >= 15 is 4.39 Å². The molecule has 3 heterocycles. The Kier molecular flexibility index (Phi) is 7.37. The molecule has 0 radical (unpaired) electrons. The summed E-state index contributed by atoms with van der Waals surface area (Å²) in [5.41, 5.74) is 8.88. The number of benzene rings is 2. The van der Waals surface area contributed by atoms with Crippen LogP contribution in [0.1, 0.15) is 29.9 Å². The largest absolute Gasteiger partial charge is 0.485 e. The maximum Gasteiger partial charge on any atom is 0.412 e. The highest BCUT2D eigenvalue weighted by atomic mass is 32.1. The Balaban J connectivity index is 1.44. The van der Waals surface area contributed by atoms with Crippen LogP contribution in [0, 0.1) is 12.7 Å². The highest BCUT2D eigenvalue weighted by Gasteiger charge is 2.29. The molecule has 0 spiro atoms. The van der Waals surface area contributed by atoms with Gasteiger partial charge in [0.2, 0.25) is 5.88 Å². The lowest BCUT2D eigenvalue weighted by atomic mass is 10.1. The number of rotatable bonds is 8. The molecule has 0 fully saturated rings. The number of hydrogen-bond donors (Lipinski definition) is 2. The van der Waals surface area contributed by atoms with Gasteiger partial charge >= 0.3 is 6.09 Å². The number of aryl methyl sites for hydroxylation is 1. The van der Waals surface area contributed by atoms with Gasteiger partial charge in [-0.25, -0.2) is 29.1 Å². The van der Waals surface area contributed by atoms with Gasteiger partial charge in [-0.1, -0.05) is 0 Å². The van der Waals surface area contributed by atoms with Gasteiger partial charge in [-0.3, -0.25) is 9.69 Å². The van der Waals surface area contributed by atoms with Crippen LogP contribution in [0.25, 0.3) is 31.8 Å². The van der Waals surface area contributed by atoms with Crippen molar-refractivity contribution >= 4 is 50.3 Å². The highest BCUT2D eigenvalue weighted by molar-refractivity contribution is 7.21. The number of primary amides is 1. The van der Waals surface area contributed by atoms with Gasteiger partial charge in [-0.15, -0.1) is 11.3 Å². The van der Waals surface area contributed by atoms with Crippen molar-refractivity contribution in [3.05, 3.63) is 65.9 Å². The minimum atomic E-state index is -1.27. The van der Waals surface area contributed by atoms with Crippen molar-refractivity contribution in [2.24, 2.45) is 5.73 Å². The highest BCUT2D eigenvalue weighted by Crippen LogP contribution is 2.37. The molecule has 0 aliphatic heterocycles. The molecule has 210 valence electrons. The molecule has 5 aromatic rings. The van der Waals surface area contributed by atoms with Crippen molar-refractivity contribution < 1.29 is 28.6 Å². The van der Waals surface area contributed by atoms with E-state index in [0.717, 1.165) is 16.0 Å². The Bertz CT molecular complexity index is 1800. The average Bonchev–Trinajstić information content (AvgIpc) is 3.34. The molecule has 0 aliphatic carbocycles. The van der Waals surface area contributed by atoms with Crippen LogP contribution in [0.2, 0.25) is 0 Å². The molecule has 5 rings (SSSR count). The van der Waals surface area contributed by atoms with Crippen LogP contribution in [0.4, 0.5) is 14.9 Å². The van der Waals surface area contributed by atoms with E-state index in [-0.39, 0.29) is 17.1 Å². The molecular formula is C28H25FN6O5S. The number of thiazole rings is 1. The van der Waals surface area contributed by atoms with E-state index in [4.69, 9.17) is 15.2 Å². The number of fused-ring (bicyclic) bond motifs is 2. The molecular weight excluding hydrogens is 551 g/mol. The van der Waals surface area contributed by atoms with Gasteiger partial charge in [0.15, 0.2) is 11.6 Å². The van der Waals surface area contributed by atoms with Crippen LogP contribution in [-0.4, -0.2) is 56.3 Å². The number of ether oxygens (including phenoxy) is 2. The average molecular weight is 577 g/mol. The first-order chi connectivity index (χ1) is 19.5. The first-order valence-electron chi connectivity index (χ1n) is 12.4. The Hall–Kier alpha value is -4.91. The number of carbonyl (C=O) groups excluding carboxylic acids is 1. The van der Waals surface area contributed by atoms with Crippen molar-refractivity contribution in [3.63, 3.8) is 0 Å². The summed E-state index contributed by atoms with van der Waals surface area (Å²) in [5.74, 6) is -1.02. The van der Waals surface area contributed by atoms with E-state index in [0.29, 0.717) is 32.1 Å². The SMILES string of the molecule is COc1cnc2c(-c3nc4cc(F)c(OC(C)C(C)N(C(=O)O)c5ccc(C(N)=O)nc5)cc4s3)cc(C)cc2n1. The lowest BCUT2D eigenvalue weighted by Crippen LogP contribution is -2.46. The fourth-order valence-corrected chi connectivity index (χ4v) is 5.34. The number of amides is 2. The maximum atomic E-state index is 15.2. The molecule has 0 saturated carbocycles. The summed E-state index contributed by atoms with van der Waals surface area (Å²) in [7, 11) is 1.52. The molecule has 41 heavy (non-hydrogen) atoms. The van der Waals surface area contributed by atoms with Gasteiger partial charge in [-0.05, 0) is 50.6 Å². The number of aromatic nitrogens is 4. The normalized spacial score (nSPS) is 12.7. The predicted molar refractivity (Wildman–Crippen MR) is 152 cm³/mol. The second-order valence-electron chi connectivity index (χ2n) is 9.34. The molecule has 3 aromatic heterocycles. The maximum absolute atomic E-state index is 15.2. The van der Waals surface area contributed by atoms with Crippen LogP contribution in [0.3, 0.4) is 0 Å². The van der Waals surface area contributed by atoms with Crippen molar-refractivity contribution in [3.8, 4) is 22.2 Å². The molecule has 2 atom stereocenters. The topological polar surface area (TPSA) is 154 Å². The minimum absolute atomic E-state index is 0.000715. The van der Waals surface area contributed by atoms with E-state index in [1.807, 2.05) is 19.1 Å². The van der Waals surface area contributed by atoms with Gasteiger partial charge in [0.05, 0.1) is 52.5 Å². The van der Waals surface area contributed by atoms with E-state index < -0.39 is 30.0 Å². The third kappa shape index (κ3) is 5.43. The molecule has 2 amide bonds. The van der Waals surface area contributed by atoms with Crippen LogP contribution in [-0.2, 0) is 0 Å². The Morgan fingerprint density at radius 1 is 1.07 bits per heavy atom. The Morgan fingerprint density at radius 2 is 1.85 bits per heavy atom. The third-order valence-corrected chi connectivity index (χ3v) is 7.59. The molecule has 0 saturated heterocycles. The van der Waals surface area contributed by atoms with E-state index in [1.165, 1.54) is 49.0 Å². The van der Waals surface area contributed by atoms with Gasteiger partial charge in [0, 0.05) is 17.7 Å². The summed E-state index contributed by atoms with van der Waals surface area (Å²) < 4.78 is 27.0. The summed E-state index contributed by atoms with van der Waals surface area (Å²) in [5, 5.41) is 10.5. The number of carbonyl (C=O) groups is 2. The number of nitrogens with two attached hydrogens (primary N) is 1. The number of carboxylic acid groups (broad SMARTS) is 1. The van der Waals surface area contributed by atoms with Gasteiger partial charge in [0.25, 0.3) is 5.91 Å². The number of methoxy groups -OCH3 is 1. The zero-order valence-electron chi connectivity index (χ0n) is 22.5. The van der Waals surface area contributed by atoms with Gasteiger partial charge in [0.1, 0.15) is 16.8 Å². The van der Waals surface area contributed by atoms with E-state index in [1.54, 1.807) is 19.9 Å². The van der Waals surface area contributed by atoms with Gasteiger partial charge < -0.3 is 20.3 Å². The number of hydrogen-bond acceptors (Lipinski definition) is 9. The van der Waals surface area contributed by atoms with Crippen molar-refractivity contribution in [2.75, 3.05) is 12.0 Å². The Labute approximate surface area is 237 Å². The van der Waals surface area contributed by atoms with Crippen LogP contribution in [0.15, 0.2) is 48.8 Å². The lowest BCUT2D eigenvalue weighted by Gasteiger charge is -2.31. The first-order valence-corrected chi connectivity index (χ1v) is 13.2. The molecule has 11 nitrogen and oxygen atoms in total. The third-order valence-electron chi connectivity index (χ3n) is 6.53. The summed E-state index contributed by atoms with van der Waals surface area (Å²) in [6.07, 6.45) is 0.729. The van der Waals surface area contributed by atoms with E-state index in [9.17, 15) is 14.7 Å². The minimum Gasteiger partial charge on any atom is -0.485 e. The summed E-state index contributed by atoms with van der Waals surface area (Å²) in [6.45, 7) is 5.20. The first kappa shape index (κ1) is 27.6. The number of anilines is 1. The zero-order valence-corrected chi connectivity index (χ0v) is 23.3. The van der Waals surface area contributed by atoms with Crippen molar-refractivity contribution in [1.82, 2.24) is 19.9 Å².